The number of alkyl halides is 6. The van der Waals surface area contributed by atoms with E-state index in [4.69, 9.17) is 4.74 Å². The molecule has 0 atom stereocenters. The predicted octanol–water partition coefficient (Wildman–Crippen LogP) is 4.45. The quantitative estimate of drug-likeness (QED) is 0.704. The molecule has 2 fully saturated rings. The molecule has 1 aromatic carbocycles. The molecule has 27 heavy (non-hydrogen) atoms. The molecule has 1 aliphatic carbocycles. The molecule has 0 aromatic heterocycles. The molecule has 0 N–H and O–H groups in total. The highest BCUT2D eigenvalue weighted by Crippen LogP contribution is 2.47. The Morgan fingerprint density at radius 2 is 1.63 bits per heavy atom. The van der Waals surface area contributed by atoms with E-state index in [2.05, 4.69) is 4.84 Å². The maximum absolute atomic E-state index is 13.1. The first kappa shape index (κ1) is 19.8. The highest BCUT2D eigenvalue weighted by Gasteiger charge is 2.43. The molecule has 2 aliphatic rings. The lowest BCUT2D eigenvalue weighted by atomic mass is 10.0. The first-order valence-corrected chi connectivity index (χ1v) is 8.46. The smallest absolute Gasteiger partial charge is 0.490 e. The topological polar surface area (TPSA) is 38.8 Å². The highest BCUT2D eigenvalue weighted by atomic mass is 19.4. The molecular weight excluding hydrogens is 380 g/mol. The Labute approximate surface area is 151 Å². The average molecular weight is 397 g/mol. The van der Waals surface area contributed by atoms with Crippen LogP contribution < -0.4 is 4.74 Å². The largest absolute Gasteiger partial charge is 0.492 e. The average Bonchev–Trinajstić information content (AvgIpc) is 3.39. The Hall–Kier alpha value is -1.97. The summed E-state index contributed by atoms with van der Waals surface area (Å²) < 4.78 is 81.5. The first-order valence-electron chi connectivity index (χ1n) is 8.46. The Balaban J connectivity index is 1.58. The summed E-state index contributed by atoms with van der Waals surface area (Å²) in [5.74, 6) is -2.09. The van der Waals surface area contributed by atoms with Crippen LogP contribution in [-0.4, -0.2) is 36.4 Å². The number of carbonyl (C=O) groups is 1. The SMILES string of the molecule is O=C(ON1CCC(Oc2ccc(C(F)(F)F)c(C3CC3)c2)CC1)C(F)(F)F. The van der Waals surface area contributed by atoms with Crippen molar-refractivity contribution < 1.29 is 40.7 Å². The summed E-state index contributed by atoms with van der Waals surface area (Å²) in [5, 5.41) is 0.915. The van der Waals surface area contributed by atoms with Gasteiger partial charge in [0.1, 0.15) is 11.9 Å². The van der Waals surface area contributed by atoms with Crippen molar-refractivity contribution in [2.75, 3.05) is 13.1 Å². The molecular formula is C17H17F6NO3. The van der Waals surface area contributed by atoms with Crippen molar-refractivity contribution in [2.45, 2.75) is 50.1 Å². The summed E-state index contributed by atoms with van der Waals surface area (Å²) in [6, 6.07) is 3.66. The fourth-order valence-corrected chi connectivity index (χ4v) is 3.01. The van der Waals surface area contributed by atoms with Gasteiger partial charge in [0.25, 0.3) is 0 Å². The van der Waals surface area contributed by atoms with Crippen LogP contribution in [0.3, 0.4) is 0 Å². The van der Waals surface area contributed by atoms with E-state index in [0.29, 0.717) is 18.6 Å². The lowest BCUT2D eigenvalue weighted by Crippen LogP contribution is -2.42. The van der Waals surface area contributed by atoms with E-state index in [-0.39, 0.29) is 43.5 Å². The molecule has 1 aliphatic heterocycles. The van der Waals surface area contributed by atoms with Gasteiger partial charge in [-0.15, -0.1) is 5.06 Å². The van der Waals surface area contributed by atoms with Gasteiger partial charge in [0.05, 0.1) is 5.56 Å². The number of rotatable bonds is 4. The van der Waals surface area contributed by atoms with Crippen molar-refractivity contribution in [3.63, 3.8) is 0 Å². The highest BCUT2D eigenvalue weighted by molar-refractivity contribution is 5.75. The number of piperidine rings is 1. The van der Waals surface area contributed by atoms with Gasteiger partial charge in [-0.25, -0.2) is 4.79 Å². The number of benzene rings is 1. The summed E-state index contributed by atoms with van der Waals surface area (Å²) in [4.78, 5) is 15.1. The van der Waals surface area contributed by atoms with Crippen molar-refractivity contribution in [1.82, 2.24) is 5.06 Å². The summed E-state index contributed by atoms with van der Waals surface area (Å²) in [6.07, 6.45) is -7.90. The Morgan fingerprint density at radius 1 is 1.00 bits per heavy atom. The Morgan fingerprint density at radius 3 is 2.15 bits per heavy atom. The van der Waals surface area contributed by atoms with E-state index in [9.17, 15) is 31.1 Å². The minimum atomic E-state index is -5.06. The van der Waals surface area contributed by atoms with Crippen molar-refractivity contribution in [3.8, 4) is 5.75 Å². The van der Waals surface area contributed by atoms with Gasteiger partial charge in [0, 0.05) is 25.9 Å². The Kier molecular flexibility index (Phi) is 5.29. The van der Waals surface area contributed by atoms with Crippen LogP contribution in [0.25, 0.3) is 0 Å². The van der Waals surface area contributed by atoms with Crippen molar-refractivity contribution in [3.05, 3.63) is 29.3 Å². The monoisotopic (exact) mass is 397 g/mol. The molecule has 0 amide bonds. The van der Waals surface area contributed by atoms with Gasteiger partial charge in [-0.2, -0.15) is 26.3 Å². The molecule has 1 saturated carbocycles. The predicted molar refractivity (Wildman–Crippen MR) is 80.8 cm³/mol. The fraction of sp³-hybridized carbons (Fsp3) is 0.588. The van der Waals surface area contributed by atoms with Gasteiger partial charge < -0.3 is 9.57 Å². The summed E-state index contributed by atoms with van der Waals surface area (Å²) >= 11 is 0. The summed E-state index contributed by atoms with van der Waals surface area (Å²) in [7, 11) is 0. The van der Waals surface area contributed by atoms with Crippen molar-refractivity contribution >= 4 is 5.97 Å². The number of halogens is 6. The maximum Gasteiger partial charge on any atom is 0.492 e. The zero-order valence-electron chi connectivity index (χ0n) is 14.1. The number of hydroxylamine groups is 2. The van der Waals surface area contributed by atoms with Crippen LogP contribution in [0.5, 0.6) is 5.75 Å². The third-order valence-corrected chi connectivity index (χ3v) is 4.49. The third-order valence-electron chi connectivity index (χ3n) is 4.49. The maximum atomic E-state index is 13.1. The van der Waals surface area contributed by atoms with Gasteiger partial charge >= 0.3 is 18.3 Å². The first-order chi connectivity index (χ1) is 12.5. The summed E-state index contributed by atoms with van der Waals surface area (Å²) in [5.41, 5.74) is -0.442. The van der Waals surface area contributed by atoms with E-state index < -0.39 is 23.9 Å². The van der Waals surface area contributed by atoms with Gasteiger partial charge in [0.2, 0.25) is 0 Å². The molecule has 3 rings (SSSR count). The third kappa shape index (κ3) is 5.06. The minimum Gasteiger partial charge on any atom is -0.490 e. The molecule has 0 spiro atoms. The lowest BCUT2D eigenvalue weighted by molar-refractivity contribution is -0.243. The zero-order chi connectivity index (χ0) is 19.8. The van der Waals surface area contributed by atoms with Crippen LogP contribution in [0.2, 0.25) is 0 Å². The number of nitrogens with zero attached hydrogens (tertiary/aromatic N) is 1. The van der Waals surface area contributed by atoms with Gasteiger partial charge in [-0.05, 0) is 42.5 Å². The van der Waals surface area contributed by atoms with Crippen LogP contribution in [0.15, 0.2) is 18.2 Å². The molecule has 1 saturated heterocycles. The minimum absolute atomic E-state index is 0.0442. The normalized spacial score (nSPS) is 19.8. The number of carbonyl (C=O) groups excluding carboxylic acids is 1. The standard InChI is InChI=1S/C17H17F6NO3/c18-16(19,20)14-4-3-12(9-13(14)10-1-2-10)26-11-5-7-24(8-6-11)27-15(25)17(21,22)23/h3-4,9-11H,1-2,5-8H2. The van der Waals surface area contributed by atoms with Crippen LogP contribution in [0, 0.1) is 0 Å². The molecule has 0 bridgehead atoms. The van der Waals surface area contributed by atoms with Crippen LogP contribution in [-0.2, 0) is 15.8 Å². The molecule has 10 heteroatoms. The molecule has 4 nitrogen and oxygen atoms in total. The molecule has 0 radical (unpaired) electrons. The van der Waals surface area contributed by atoms with Crippen LogP contribution in [0.4, 0.5) is 26.3 Å². The number of ether oxygens (including phenoxy) is 1. The Bertz CT molecular complexity index is 691. The zero-order valence-corrected chi connectivity index (χ0v) is 14.1. The molecule has 150 valence electrons. The lowest BCUT2D eigenvalue weighted by Gasteiger charge is -2.31. The molecule has 0 unspecified atom stereocenters. The van der Waals surface area contributed by atoms with E-state index in [1.165, 1.54) is 12.1 Å². The van der Waals surface area contributed by atoms with E-state index in [0.717, 1.165) is 11.1 Å². The van der Waals surface area contributed by atoms with Crippen LogP contribution in [0.1, 0.15) is 42.7 Å². The fourth-order valence-electron chi connectivity index (χ4n) is 3.01. The second kappa shape index (κ2) is 7.21. The van der Waals surface area contributed by atoms with E-state index in [1.807, 2.05) is 0 Å². The van der Waals surface area contributed by atoms with Crippen LogP contribution >= 0.6 is 0 Å². The number of hydrogen-bond acceptors (Lipinski definition) is 4. The number of hydrogen-bond donors (Lipinski definition) is 0. The second-order valence-electron chi connectivity index (χ2n) is 6.64. The van der Waals surface area contributed by atoms with Gasteiger partial charge in [-0.1, -0.05) is 0 Å². The summed E-state index contributed by atoms with van der Waals surface area (Å²) in [6.45, 7) is 0.0885. The molecule has 1 heterocycles. The van der Waals surface area contributed by atoms with E-state index >= 15 is 0 Å². The second-order valence-corrected chi connectivity index (χ2v) is 6.64. The van der Waals surface area contributed by atoms with E-state index in [1.54, 1.807) is 0 Å². The van der Waals surface area contributed by atoms with Gasteiger partial charge in [-0.3, -0.25) is 0 Å². The van der Waals surface area contributed by atoms with Crippen molar-refractivity contribution in [2.24, 2.45) is 0 Å². The molecule has 1 aromatic rings. The van der Waals surface area contributed by atoms with Gasteiger partial charge in [0.15, 0.2) is 0 Å². The van der Waals surface area contributed by atoms with Crippen molar-refractivity contribution in [1.29, 1.82) is 0 Å².